The lowest BCUT2D eigenvalue weighted by molar-refractivity contribution is 0.209. The van der Waals surface area contributed by atoms with Crippen molar-refractivity contribution >= 4 is 58.2 Å². The second-order valence-electron chi connectivity index (χ2n) is 7.28. The SMILES string of the molecule is O=C(O)Nc1cccc(N2C(=O)N(c3ccccc3)Cc3cnc(Nc4c[nH]nc4Cl)nc32)c1. The predicted molar refractivity (Wildman–Crippen MR) is 127 cm³/mol. The first-order valence-electron chi connectivity index (χ1n) is 10.1. The van der Waals surface area contributed by atoms with Crippen LogP contribution >= 0.6 is 11.6 Å². The molecule has 0 spiro atoms. The molecular formula is C22H17ClN8O3. The fourth-order valence-electron chi connectivity index (χ4n) is 3.58. The maximum Gasteiger partial charge on any atom is 0.409 e. The molecule has 5 rings (SSSR count). The smallest absolute Gasteiger partial charge is 0.409 e. The highest BCUT2D eigenvalue weighted by molar-refractivity contribution is 6.32. The molecule has 0 saturated heterocycles. The van der Waals surface area contributed by atoms with E-state index in [1.54, 1.807) is 41.6 Å². The number of H-pyrrole nitrogens is 1. The van der Waals surface area contributed by atoms with Gasteiger partial charge in [0.1, 0.15) is 0 Å². The summed E-state index contributed by atoms with van der Waals surface area (Å²) in [5, 5.41) is 21.1. The second-order valence-corrected chi connectivity index (χ2v) is 7.64. The Morgan fingerprint density at radius 3 is 2.65 bits per heavy atom. The number of para-hydroxylation sites is 1. The van der Waals surface area contributed by atoms with Gasteiger partial charge in [0, 0.05) is 29.3 Å². The maximum atomic E-state index is 13.7. The monoisotopic (exact) mass is 476 g/mol. The minimum Gasteiger partial charge on any atom is -0.465 e. The van der Waals surface area contributed by atoms with Crippen LogP contribution < -0.4 is 20.4 Å². The second kappa shape index (κ2) is 8.71. The van der Waals surface area contributed by atoms with Gasteiger partial charge < -0.3 is 10.4 Å². The van der Waals surface area contributed by atoms with Crippen LogP contribution in [0.2, 0.25) is 5.15 Å². The summed E-state index contributed by atoms with van der Waals surface area (Å²) in [6.07, 6.45) is 1.99. The topological polar surface area (TPSA) is 139 Å². The number of carbonyl (C=O) groups excluding carboxylic acids is 1. The summed E-state index contributed by atoms with van der Waals surface area (Å²) in [7, 11) is 0. The van der Waals surface area contributed by atoms with Crippen LogP contribution in [0, 0.1) is 0 Å². The van der Waals surface area contributed by atoms with Crippen molar-refractivity contribution in [3.63, 3.8) is 0 Å². The third kappa shape index (κ3) is 4.07. The highest BCUT2D eigenvalue weighted by Crippen LogP contribution is 2.37. The van der Waals surface area contributed by atoms with Crippen LogP contribution in [0.15, 0.2) is 67.0 Å². The maximum absolute atomic E-state index is 13.7. The summed E-state index contributed by atoms with van der Waals surface area (Å²) in [5.41, 5.74) is 2.63. The summed E-state index contributed by atoms with van der Waals surface area (Å²) in [6.45, 7) is 0.258. The van der Waals surface area contributed by atoms with Gasteiger partial charge >= 0.3 is 12.1 Å². The van der Waals surface area contributed by atoms with Crippen molar-refractivity contribution in [2.45, 2.75) is 6.54 Å². The Hall–Kier alpha value is -4.64. The third-order valence-electron chi connectivity index (χ3n) is 5.07. The van der Waals surface area contributed by atoms with E-state index in [1.165, 1.54) is 4.90 Å². The number of hydrogen-bond acceptors (Lipinski definition) is 6. The van der Waals surface area contributed by atoms with Gasteiger partial charge in [-0.2, -0.15) is 10.1 Å². The van der Waals surface area contributed by atoms with Crippen LogP contribution in [0.5, 0.6) is 0 Å². The molecule has 3 amide bonds. The Labute approximate surface area is 198 Å². The van der Waals surface area contributed by atoms with Crippen molar-refractivity contribution in [1.82, 2.24) is 20.2 Å². The Kier molecular flexibility index (Phi) is 5.44. The highest BCUT2D eigenvalue weighted by Gasteiger charge is 2.34. The zero-order valence-electron chi connectivity index (χ0n) is 17.4. The van der Waals surface area contributed by atoms with Crippen molar-refractivity contribution < 1.29 is 14.7 Å². The summed E-state index contributed by atoms with van der Waals surface area (Å²) in [5.74, 6) is 0.578. The number of benzene rings is 2. The summed E-state index contributed by atoms with van der Waals surface area (Å²) in [4.78, 5) is 36.8. The molecule has 4 N–H and O–H groups in total. The molecule has 11 nitrogen and oxygen atoms in total. The molecule has 2 aromatic heterocycles. The molecule has 0 unspecified atom stereocenters. The minimum absolute atomic E-state index is 0.216. The molecular weight excluding hydrogens is 460 g/mol. The Morgan fingerprint density at radius 2 is 1.91 bits per heavy atom. The number of amides is 3. The van der Waals surface area contributed by atoms with Crippen molar-refractivity contribution in [1.29, 1.82) is 0 Å². The molecule has 0 atom stereocenters. The van der Waals surface area contributed by atoms with E-state index >= 15 is 0 Å². The van der Waals surface area contributed by atoms with Crippen LogP contribution in [-0.4, -0.2) is 37.4 Å². The lowest BCUT2D eigenvalue weighted by Crippen LogP contribution is -2.45. The third-order valence-corrected chi connectivity index (χ3v) is 5.36. The van der Waals surface area contributed by atoms with Gasteiger partial charge in [0.15, 0.2) is 11.0 Å². The number of aromatic nitrogens is 4. The van der Waals surface area contributed by atoms with Crippen molar-refractivity contribution in [3.8, 4) is 0 Å². The molecule has 1 aliphatic heterocycles. The van der Waals surface area contributed by atoms with Crippen LogP contribution in [0.4, 0.5) is 44.1 Å². The van der Waals surface area contributed by atoms with Gasteiger partial charge in [-0.1, -0.05) is 35.9 Å². The largest absolute Gasteiger partial charge is 0.465 e. The number of fused-ring (bicyclic) bond motifs is 1. The molecule has 0 aliphatic carbocycles. The standard InChI is InChI=1S/C22H17ClN8O3/c23-18-17(11-25-29-18)27-20-24-10-13-12-30(15-6-2-1-3-7-15)22(34)31(19(13)28-20)16-8-4-5-14(9-16)26-21(32)33/h1-11,26H,12H2,(H,25,29)(H,32,33)(H,24,27,28). The zero-order valence-corrected chi connectivity index (χ0v) is 18.2. The number of halogens is 1. The molecule has 0 fully saturated rings. The van der Waals surface area contributed by atoms with E-state index in [-0.39, 0.29) is 23.7 Å². The zero-order chi connectivity index (χ0) is 23.7. The van der Waals surface area contributed by atoms with E-state index in [2.05, 4.69) is 30.8 Å². The summed E-state index contributed by atoms with van der Waals surface area (Å²) < 4.78 is 0. The van der Waals surface area contributed by atoms with Crippen LogP contribution in [0.25, 0.3) is 0 Å². The van der Waals surface area contributed by atoms with Gasteiger partial charge in [-0.15, -0.1) is 0 Å². The minimum atomic E-state index is -1.21. The van der Waals surface area contributed by atoms with Gasteiger partial charge in [-0.3, -0.25) is 15.3 Å². The average Bonchev–Trinajstić information content (AvgIpc) is 3.23. The summed E-state index contributed by atoms with van der Waals surface area (Å²) >= 11 is 6.04. The van der Waals surface area contributed by atoms with E-state index in [1.807, 2.05) is 30.3 Å². The number of nitrogens with zero attached hydrogens (tertiary/aromatic N) is 5. The number of carbonyl (C=O) groups is 2. The summed E-state index contributed by atoms with van der Waals surface area (Å²) in [6, 6.07) is 15.4. The average molecular weight is 477 g/mol. The molecule has 3 heterocycles. The van der Waals surface area contributed by atoms with Crippen molar-refractivity contribution in [2.24, 2.45) is 0 Å². The number of rotatable bonds is 5. The fraction of sp³-hybridized carbons (Fsp3) is 0.0455. The van der Waals surface area contributed by atoms with Crippen LogP contribution in [-0.2, 0) is 6.54 Å². The number of aromatic amines is 1. The lowest BCUT2D eigenvalue weighted by atomic mass is 10.1. The normalized spacial score (nSPS) is 12.9. The number of urea groups is 1. The highest BCUT2D eigenvalue weighted by atomic mass is 35.5. The van der Waals surface area contributed by atoms with Crippen LogP contribution in [0.3, 0.4) is 0 Å². The number of hydrogen-bond donors (Lipinski definition) is 4. The number of nitrogens with one attached hydrogen (secondary N) is 3. The van der Waals surface area contributed by atoms with E-state index in [0.717, 1.165) is 0 Å². The molecule has 0 radical (unpaired) electrons. The number of anilines is 6. The lowest BCUT2D eigenvalue weighted by Gasteiger charge is -2.36. The predicted octanol–water partition coefficient (Wildman–Crippen LogP) is 4.96. The molecule has 4 aromatic rings. The number of carboxylic acid groups (broad SMARTS) is 1. The Morgan fingerprint density at radius 1 is 1.12 bits per heavy atom. The quantitative estimate of drug-likeness (QED) is 0.319. The van der Waals surface area contributed by atoms with E-state index in [0.29, 0.717) is 34.1 Å². The van der Waals surface area contributed by atoms with Gasteiger partial charge in [0.05, 0.1) is 17.9 Å². The van der Waals surface area contributed by atoms with Crippen LogP contribution in [0.1, 0.15) is 5.56 Å². The van der Waals surface area contributed by atoms with Crippen molar-refractivity contribution in [3.05, 3.63) is 77.7 Å². The molecule has 12 heteroatoms. The molecule has 0 bridgehead atoms. The first kappa shape index (κ1) is 21.2. The molecule has 2 aromatic carbocycles. The molecule has 170 valence electrons. The first-order chi connectivity index (χ1) is 16.5. The van der Waals surface area contributed by atoms with E-state index < -0.39 is 6.09 Å². The first-order valence-corrected chi connectivity index (χ1v) is 10.5. The van der Waals surface area contributed by atoms with Crippen molar-refractivity contribution in [2.75, 3.05) is 20.4 Å². The molecule has 34 heavy (non-hydrogen) atoms. The van der Waals surface area contributed by atoms with E-state index in [9.17, 15) is 9.59 Å². The molecule has 0 saturated carbocycles. The molecule has 1 aliphatic rings. The van der Waals surface area contributed by atoms with Gasteiger partial charge in [0.2, 0.25) is 5.95 Å². The Bertz CT molecular complexity index is 1380. The van der Waals surface area contributed by atoms with Gasteiger partial charge in [-0.25, -0.2) is 19.5 Å². The Balaban J connectivity index is 1.60. The van der Waals surface area contributed by atoms with Gasteiger partial charge in [0.25, 0.3) is 0 Å². The van der Waals surface area contributed by atoms with E-state index in [4.69, 9.17) is 16.7 Å². The fourth-order valence-corrected chi connectivity index (χ4v) is 3.73. The van der Waals surface area contributed by atoms with Gasteiger partial charge in [-0.05, 0) is 30.3 Å².